The molecule has 0 spiro atoms. The minimum absolute atomic E-state index is 0.0106. The Labute approximate surface area is 359 Å². The van der Waals surface area contributed by atoms with E-state index in [2.05, 4.69) is 36.7 Å². The van der Waals surface area contributed by atoms with E-state index in [1.54, 1.807) is 0 Å². The van der Waals surface area contributed by atoms with Crippen LogP contribution in [0.2, 0.25) is 5.02 Å². The number of aromatic nitrogens is 1. The van der Waals surface area contributed by atoms with Crippen LogP contribution in [0.25, 0.3) is 0 Å². The number of benzene rings is 1. The second-order valence-corrected chi connectivity index (χ2v) is 17.6. The Balaban J connectivity index is 0.00000104. The van der Waals surface area contributed by atoms with Crippen molar-refractivity contribution in [2.45, 2.75) is 55.3 Å². The van der Waals surface area contributed by atoms with E-state index in [1.165, 1.54) is 29.6 Å². The Hall–Kier alpha value is -4.60. The summed E-state index contributed by atoms with van der Waals surface area (Å²) in [4.78, 5) is 83.1. The van der Waals surface area contributed by atoms with E-state index in [-0.39, 0.29) is 61.8 Å². The van der Waals surface area contributed by atoms with Crippen molar-refractivity contribution >= 4 is 109 Å². The number of thioether (sulfide) groups is 2. The van der Waals surface area contributed by atoms with Crippen molar-refractivity contribution in [1.82, 2.24) is 20.5 Å². The lowest BCUT2D eigenvalue weighted by Crippen LogP contribution is -2.71. The zero-order valence-corrected chi connectivity index (χ0v) is 34.8. The van der Waals surface area contributed by atoms with Gasteiger partial charge in [0.15, 0.2) is 22.3 Å². The van der Waals surface area contributed by atoms with Crippen LogP contribution in [0.1, 0.15) is 41.7 Å². The molecule has 2 fully saturated rings. The molecule has 1 unspecified atom stereocenters. The van der Waals surface area contributed by atoms with Gasteiger partial charge in [0.25, 0.3) is 17.7 Å². The van der Waals surface area contributed by atoms with Gasteiger partial charge in [0.2, 0.25) is 12.0 Å². The zero-order chi connectivity index (χ0) is 44.9. The van der Waals surface area contributed by atoms with E-state index in [0.29, 0.717) is 11.3 Å². The van der Waals surface area contributed by atoms with E-state index in [0.717, 1.165) is 22.3 Å². The highest BCUT2D eigenvalue weighted by Crippen LogP contribution is 2.42. The molecule has 1 saturated carbocycles. The number of carboxylic acid groups (broad SMARTS) is 3. The lowest BCUT2D eigenvalue weighted by Gasteiger charge is -2.49. The number of fused-ring (bicyclic) bond motifs is 1. The van der Waals surface area contributed by atoms with Gasteiger partial charge in [0.05, 0.1) is 10.6 Å². The van der Waals surface area contributed by atoms with Crippen molar-refractivity contribution in [1.29, 1.82) is 0 Å². The van der Waals surface area contributed by atoms with Crippen LogP contribution in [0.4, 0.5) is 27.1 Å². The average Bonchev–Trinajstić information content (AvgIpc) is 3.50. The number of carbonyl (C=O) groups excluding carboxylic acids is 3. The number of amides is 3. The third-order valence-electron chi connectivity index (χ3n) is 8.66. The quantitative estimate of drug-likeness (QED) is 0.0330. The molecule has 28 heteroatoms. The zero-order valence-electron chi connectivity index (χ0n) is 30.0. The molecule has 1 aromatic carbocycles. The Kier molecular flexibility index (Phi) is 15.9. The predicted octanol–water partition coefficient (Wildman–Crippen LogP) is 4.09. The first-order valence-electron chi connectivity index (χ1n) is 16.8. The summed E-state index contributed by atoms with van der Waals surface area (Å²) in [6.07, 6.45) is -8.13. The summed E-state index contributed by atoms with van der Waals surface area (Å²) in [5.74, 6) is -12.1. The highest BCUT2D eigenvalue weighted by atomic mass is 79.9. The van der Waals surface area contributed by atoms with E-state index in [1.807, 2.05) is 0 Å². The van der Waals surface area contributed by atoms with Gasteiger partial charge in [-0.25, -0.2) is 28.1 Å². The lowest BCUT2D eigenvalue weighted by molar-refractivity contribution is -0.192. The van der Waals surface area contributed by atoms with E-state index in [9.17, 15) is 66.4 Å². The molecule has 1 saturated heterocycles. The van der Waals surface area contributed by atoms with Crippen molar-refractivity contribution in [3.63, 3.8) is 0 Å². The van der Waals surface area contributed by atoms with Crippen LogP contribution in [-0.2, 0) is 28.8 Å². The number of β-lactam (4-membered cyclic amide) rings is 1. The molecule has 1 aromatic heterocycles. The van der Waals surface area contributed by atoms with Crippen molar-refractivity contribution in [3.05, 3.63) is 43.5 Å². The third kappa shape index (κ3) is 11.6. The number of nitrogens with one attached hydrogen (secondary N) is 2. The summed E-state index contributed by atoms with van der Waals surface area (Å²) in [5, 5.41) is 54.0. The van der Waals surface area contributed by atoms with Crippen molar-refractivity contribution in [3.8, 4) is 11.5 Å². The van der Waals surface area contributed by atoms with Crippen LogP contribution >= 0.6 is 62.4 Å². The molecule has 3 atom stereocenters. The number of thiazole rings is 1. The summed E-state index contributed by atoms with van der Waals surface area (Å²) >= 11 is 12.6. The smallest absolute Gasteiger partial charge is 0.490 e. The van der Waals surface area contributed by atoms with Gasteiger partial charge in [0, 0.05) is 42.6 Å². The Morgan fingerprint density at radius 3 is 2.33 bits per heavy atom. The van der Waals surface area contributed by atoms with Crippen LogP contribution in [-0.4, -0.2) is 130 Å². The Morgan fingerprint density at radius 2 is 1.78 bits per heavy atom. The number of phenolic OH excluding ortho intramolecular Hbond substituents is 2. The fourth-order valence-electron chi connectivity index (χ4n) is 5.72. The number of oxime groups is 1. The Morgan fingerprint density at radius 1 is 1.15 bits per heavy atom. The number of nitrogens with zero attached hydrogens (tertiary/aromatic N) is 3. The number of alkyl halides is 5. The predicted molar refractivity (Wildman–Crippen MR) is 208 cm³/mol. The second-order valence-electron chi connectivity index (χ2n) is 12.7. The van der Waals surface area contributed by atoms with Gasteiger partial charge < -0.3 is 46.7 Å². The van der Waals surface area contributed by atoms with Gasteiger partial charge in [-0.2, -0.15) is 24.9 Å². The van der Waals surface area contributed by atoms with Crippen LogP contribution in [0.3, 0.4) is 0 Å². The van der Waals surface area contributed by atoms with Gasteiger partial charge in [-0.15, -0.1) is 11.8 Å². The molecule has 0 radical (unpaired) electrons. The number of aliphatic carboxylic acids is 3. The highest BCUT2D eigenvalue weighted by molar-refractivity contribution is 9.11. The first-order valence-corrected chi connectivity index (χ1v) is 21.0. The first kappa shape index (κ1) is 48.1. The molecule has 1 aliphatic carbocycles. The van der Waals surface area contributed by atoms with E-state index >= 15 is 0 Å². The summed E-state index contributed by atoms with van der Waals surface area (Å²) in [5.41, 5.74) is 5.24. The van der Waals surface area contributed by atoms with Gasteiger partial charge in [-0.1, -0.05) is 28.1 Å². The summed E-state index contributed by atoms with van der Waals surface area (Å²) in [6.45, 7) is 0.141. The fourth-order valence-corrected chi connectivity index (χ4v) is 9.65. The third-order valence-corrected chi connectivity index (χ3v) is 13.0. The maximum Gasteiger partial charge on any atom is 0.490 e. The first-order chi connectivity index (χ1) is 27.9. The van der Waals surface area contributed by atoms with Crippen molar-refractivity contribution in [2.24, 2.45) is 11.1 Å². The van der Waals surface area contributed by atoms with E-state index < -0.39 is 101 Å². The van der Waals surface area contributed by atoms with Crippen LogP contribution in [0.5, 0.6) is 11.5 Å². The van der Waals surface area contributed by atoms with Crippen LogP contribution in [0.15, 0.2) is 32.3 Å². The molecule has 9 N–H and O–H groups in total. The molecule has 3 amide bonds. The molecular formula is C32H31BrClF5N6O12S3. The molecule has 2 aliphatic heterocycles. The topological polar surface area (TPSA) is 291 Å². The summed E-state index contributed by atoms with van der Waals surface area (Å²) < 4.78 is 59.4. The number of hydrogen-bond donors (Lipinski definition) is 8. The summed E-state index contributed by atoms with van der Waals surface area (Å²) in [7, 11) is 0. The molecule has 3 heterocycles. The molecule has 18 nitrogen and oxygen atoms in total. The van der Waals surface area contributed by atoms with Crippen molar-refractivity contribution < 1.29 is 81.1 Å². The van der Waals surface area contributed by atoms with Gasteiger partial charge in [0.1, 0.15) is 26.6 Å². The SMILES string of the molecule is Nc1nc(/C(=N/OC(C(=O)O)C2CCC(F)(F)CC2)C(=O)N[C@@H]2C(=O)N3C(C(=O)O)=C(CSCCNC(=O)c4ccc(O)c(O)c4Cl)CS[C@H]23)c(Br)s1.O=C(O)C(F)(F)F. The number of nitrogens with two attached hydrogens (primary N) is 1. The normalized spacial score (nSPS) is 19.6. The van der Waals surface area contributed by atoms with Crippen molar-refractivity contribution in [2.75, 3.05) is 29.5 Å². The number of hydrogen-bond acceptors (Lipinski definition) is 15. The average molecular weight is 998 g/mol. The van der Waals surface area contributed by atoms with Gasteiger partial charge >= 0.3 is 24.1 Å². The maximum absolute atomic E-state index is 13.7. The molecular weight excluding hydrogens is 967 g/mol. The number of carboxylic acids is 3. The minimum Gasteiger partial charge on any atom is -0.504 e. The number of nitrogen functional groups attached to an aromatic ring is 1. The molecule has 60 heavy (non-hydrogen) atoms. The van der Waals surface area contributed by atoms with Gasteiger partial charge in [-0.3, -0.25) is 19.3 Å². The number of phenols is 2. The second kappa shape index (κ2) is 19.9. The standard InChI is InChI=1S/C30H30BrClF2N6O10S3.C2HF3O2/c31-22-16(38-29(35)53-22)17(39-50-21(28(48)49)11-3-5-30(33,34)6-4-11)24(44)37-18-25(45)40-19(27(46)47)12(10-52-26(18)40)9-51-8-7-36-23(43)13-1-2-14(41)20(42)15(13)32;3-2(4,5)1(6)7/h1-2,11,18,21,26,41-42H,3-10H2,(H2,35,38)(H,36,43)(H,37,44)(H,46,47)(H,48,49);(H,6,7)/b39-17-;/t18-,21?,26-;/m1./s1. The number of rotatable bonds is 14. The largest absolute Gasteiger partial charge is 0.504 e. The maximum atomic E-state index is 13.7. The van der Waals surface area contributed by atoms with Gasteiger partial charge in [-0.05, 0) is 46.5 Å². The minimum atomic E-state index is -5.08. The lowest BCUT2D eigenvalue weighted by atomic mass is 9.83. The van der Waals surface area contributed by atoms with E-state index in [4.69, 9.17) is 32.1 Å². The Bertz CT molecular complexity index is 2100. The highest BCUT2D eigenvalue weighted by Gasteiger charge is 2.54. The fraction of sp³-hybridized carbons (Fsp3) is 0.438. The number of aromatic hydroxyl groups is 2. The van der Waals surface area contributed by atoms with Crippen LogP contribution < -0.4 is 16.4 Å². The number of halogens is 7. The molecule has 328 valence electrons. The molecule has 5 rings (SSSR count). The molecule has 0 bridgehead atoms. The summed E-state index contributed by atoms with van der Waals surface area (Å²) in [6, 6.07) is 1.15. The molecule has 3 aliphatic rings. The number of anilines is 1. The number of carbonyl (C=O) groups is 6. The van der Waals surface area contributed by atoms with Crippen LogP contribution in [0, 0.1) is 5.92 Å². The monoisotopic (exact) mass is 996 g/mol. The molecule has 2 aromatic rings.